The van der Waals surface area contributed by atoms with Crippen LogP contribution in [-0.2, 0) is 19.1 Å². The largest absolute Gasteiger partial charge is 0.354 e. The third kappa shape index (κ3) is 4.07. The van der Waals surface area contributed by atoms with Crippen LogP contribution in [0.25, 0.3) is 0 Å². The van der Waals surface area contributed by atoms with Gasteiger partial charge in [0.1, 0.15) is 0 Å². The molecule has 1 aliphatic heterocycles. The number of carbonyl (C=O) groups excluding carboxylic acids is 2. The zero-order valence-corrected chi connectivity index (χ0v) is 12.5. The highest BCUT2D eigenvalue weighted by atomic mass is 32.2. The molecule has 1 aromatic rings. The fourth-order valence-electron chi connectivity index (χ4n) is 1.72. The van der Waals surface area contributed by atoms with Crippen LogP contribution in [0.1, 0.15) is 0 Å². The maximum absolute atomic E-state index is 11.9. The molecular weight excluding hydrogens is 292 g/mol. The van der Waals surface area contributed by atoms with Crippen molar-refractivity contribution in [3.05, 3.63) is 35.2 Å². The normalized spacial score (nSPS) is 15.8. The second-order valence-electron chi connectivity index (χ2n) is 4.21. The molecule has 2 rings (SSSR count). The lowest BCUT2D eigenvalue weighted by atomic mass is 10.3. The second-order valence-corrected chi connectivity index (χ2v) is 5.29. The number of para-hydroxylation sites is 1. The van der Waals surface area contributed by atoms with Crippen molar-refractivity contribution in [2.75, 3.05) is 26.1 Å². The Bertz CT molecular complexity index is 570. The minimum absolute atomic E-state index is 0.207. The molecule has 0 aliphatic carbocycles. The summed E-state index contributed by atoms with van der Waals surface area (Å²) < 4.78 is 9.93. The van der Waals surface area contributed by atoms with Crippen molar-refractivity contribution in [1.29, 1.82) is 0 Å². The van der Waals surface area contributed by atoms with Gasteiger partial charge in [0, 0.05) is 25.2 Å². The molecule has 0 saturated carbocycles. The van der Waals surface area contributed by atoms with E-state index in [1.165, 1.54) is 32.1 Å². The van der Waals surface area contributed by atoms with Gasteiger partial charge in [-0.15, -0.1) is 0 Å². The standard InChI is InChI=1S/C14H16N2O4S/c1-19-13(20-2)8-15-12(17)7-11-14(18)16-9-5-3-4-6-10(9)21-11/h3-7,13H,8H2,1-2H3,(H,15,17)(H,16,18). The van der Waals surface area contributed by atoms with Crippen molar-refractivity contribution >= 4 is 29.3 Å². The van der Waals surface area contributed by atoms with E-state index in [2.05, 4.69) is 10.6 Å². The second kappa shape index (κ2) is 7.26. The molecule has 7 heteroatoms. The third-order valence-corrected chi connectivity index (χ3v) is 3.91. The van der Waals surface area contributed by atoms with Crippen LogP contribution in [0.4, 0.5) is 5.69 Å². The lowest BCUT2D eigenvalue weighted by Crippen LogP contribution is -2.33. The van der Waals surface area contributed by atoms with Crippen molar-refractivity contribution < 1.29 is 19.1 Å². The predicted molar refractivity (Wildman–Crippen MR) is 79.8 cm³/mol. The van der Waals surface area contributed by atoms with E-state index in [0.29, 0.717) is 4.91 Å². The van der Waals surface area contributed by atoms with Crippen LogP contribution in [0, 0.1) is 0 Å². The van der Waals surface area contributed by atoms with Gasteiger partial charge in [0.15, 0.2) is 6.29 Å². The Morgan fingerprint density at radius 3 is 2.81 bits per heavy atom. The lowest BCUT2D eigenvalue weighted by molar-refractivity contribution is -0.123. The fourth-order valence-corrected chi connectivity index (χ4v) is 2.64. The topological polar surface area (TPSA) is 76.7 Å². The number of nitrogens with one attached hydrogen (secondary N) is 2. The van der Waals surface area contributed by atoms with E-state index in [0.717, 1.165) is 10.6 Å². The van der Waals surface area contributed by atoms with Crippen molar-refractivity contribution in [3.8, 4) is 0 Å². The molecule has 0 spiro atoms. The molecule has 2 N–H and O–H groups in total. The number of carbonyl (C=O) groups is 2. The highest BCUT2D eigenvalue weighted by Crippen LogP contribution is 2.37. The van der Waals surface area contributed by atoms with Gasteiger partial charge in [0.25, 0.3) is 5.91 Å². The van der Waals surface area contributed by atoms with Gasteiger partial charge < -0.3 is 20.1 Å². The van der Waals surface area contributed by atoms with Gasteiger partial charge in [0.2, 0.25) is 5.91 Å². The third-order valence-electron chi connectivity index (χ3n) is 2.81. The molecule has 0 radical (unpaired) electrons. The molecule has 0 fully saturated rings. The molecule has 0 bridgehead atoms. The molecule has 1 aromatic carbocycles. The Morgan fingerprint density at radius 2 is 2.10 bits per heavy atom. The van der Waals surface area contributed by atoms with E-state index in [-0.39, 0.29) is 18.4 Å². The maximum Gasteiger partial charge on any atom is 0.262 e. The van der Waals surface area contributed by atoms with E-state index in [9.17, 15) is 9.59 Å². The minimum atomic E-state index is -0.513. The van der Waals surface area contributed by atoms with Crippen LogP contribution >= 0.6 is 11.8 Å². The van der Waals surface area contributed by atoms with Crippen molar-refractivity contribution in [2.45, 2.75) is 11.2 Å². The summed E-state index contributed by atoms with van der Waals surface area (Å²) in [6, 6.07) is 7.43. The van der Waals surface area contributed by atoms with Crippen molar-refractivity contribution in [1.82, 2.24) is 5.32 Å². The SMILES string of the molecule is COC(CNC(=O)C=C1Sc2ccccc2NC1=O)OC. The van der Waals surface area contributed by atoms with Crippen LogP contribution < -0.4 is 10.6 Å². The Hall–Kier alpha value is -1.83. The number of hydrogen-bond donors (Lipinski definition) is 2. The first-order valence-electron chi connectivity index (χ1n) is 6.27. The summed E-state index contributed by atoms with van der Waals surface area (Å²) in [6.45, 7) is 0.207. The summed E-state index contributed by atoms with van der Waals surface area (Å²) in [5.41, 5.74) is 0.754. The Morgan fingerprint density at radius 1 is 1.38 bits per heavy atom. The quantitative estimate of drug-likeness (QED) is 0.634. The molecule has 1 heterocycles. The molecule has 0 unspecified atom stereocenters. The van der Waals surface area contributed by atoms with E-state index in [1.807, 2.05) is 24.3 Å². The van der Waals surface area contributed by atoms with Crippen LogP contribution in [0.5, 0.6) is 0 Å². The highest BCUT2D eigenvalue weighted by molar-refractivity contribution is 8.04. The van der Waals surface area contributed by atoms with Gasteiger partial charge >= 0.3 is 0 Å². The molecule has 0 atom stereocenters. The monoisotopic (exact) mass is 308 g/mol. The van der Waals surface area contributed by atoms with Crippen LogP contribution in [0.2, 0.25) is 0 Å². The summed E-state index contributed by atoms with van der Waals surface area (Å²) in [4.78, 5) is 25.0. The number of amides is 2. The summed E-state index contributed by atoms with van der Waals surface area (Å²) in [5.74, 6) is -0.657. The average Bonchev–Trinajstić information content (AvgIpc) is 2.49. The zero-order chi connectivity index (χ0) is 15.2. The number of rotatable bonds is 5. The number of benzene rings is 1. The summed E-state index contributed by atoms with van der Waals surface area (Å²) in [7, 11) is 2.97. The number of thioether (sulfide) groups is 1. The number of ether oxygens (including phenoxy) is 2. The van der Waals surface area contributed by atoms with E-state index in [4.69, 9.17) is 9.47 Å². The Kier molecular flexibility index (Phi) is 5.38. The van der Waals surface area contributed by atoms with Gasteiger partial charge in [0.05, 0.1) is 17.1 Å². The molecule has 0 aromatic heterocycles. The van der Waals surface area contributed by atoms with Gasteiger partial charge in [-0.1, -0.05) is 23.9 Å². The molecular formula is C14H16N2O4S. The van der Waals surface area contributed by atoms with Crippen molar-refractivity contribution in [3.63, 3.8) is 0 Å². The molecule has 0 saturated heterocycles. The van der Waals surface area contributed by atoms with Crippen molar-refractivity contribution in [2.24, 2.45) is 0 Å². The predicted octanol–water partition coefficient (Wildman–Crippen LogP) is 1.35. The highest BCUT2D eigenvalue weighted by Gasteiger charge is 2.21. The minimum Gasteiger partial charge on any atom is -0.354 e. The smallest absolute Gasteiger partial charge is 0.262 e. The summed E-state index contributed by atoms with van der Waals surface area (Å²) >= 11 is 1.26. The molecule has 21 heavy (non-hydrogen) atoms. The average molecular weight is 308 g/mol. The lowest BCUT2D eigenvalue weighted by Gasteiger charge is -2.18. The van der Waals surface area contributed by atoms with Crippen LogP contribution in [0.3, 0.4) is 0 Å². The van der Waals surface area contributed by atoms with Gasteiger partial charge in [-0.05, 0) is 12.1 Å². The van der Waals surface area contributed by atoms with E-state index < -0.39 is 6.29 Å². The zero-order valence-electron chi connectivity index (χ0n) is 11.7. The molecule has 6 nitrogen and oxygen atoms in total. The summed E-state index contributed by atoms with van der Waals surface area (Å²) in [5, 5.41) is 5.36. The fraction of sp³-hybridized carbons (Fsp3) is 0.286. The first-order valence-corrected chi connectivity index (χ1v) is 7.09. The number of methoxy groups -OCH3 is 2. The number of fused-ring (bicyclic) bond motifs is 1. The summed E-state index contributed by atoms with van der Waals surface area (Å²) in [6.07, 6.45) is 0.763. The van der Waals surface area contributed by atoms with Gasteiger partial charge in [-0.3, -0.25) is 9.59 Å². The van der Waals surface area contributed by atoms with Gasteiger partial charge in [-0.25, -0.2) is 0 Å². The molecule has 112 valence electrons. The van der Waals surface area contributed by atoms with Crippen LogP contribution in [0.15, 0.2) is 40.1 Å². The van der Waals surface area contributed by atoms with E-state index >= 15 is 0 Å². The maximum atomic E-state index is 11.9. The Labute approximate surface area is 126 Å². The molecule has 1 aliphatic rings. The number of hydrogen-bond acceptors (Lipinski definition) is 5. The van der Waals surface area contributed by atoms with Gasteiger partial charge in [-0.2, -0.15) is 0 Å². The van der Waals surface area contributed by atoms with E-state index in [1.54, 1.807) is 0 Å². The first kappa shape index (κ1) is 15.6. The Balaban J connectivity index is 2.01. The number of anilines is 1. The molecule has 2 amide bonds. The first-order chi connectivity index (χ1) is 10.1. The van der Waals surface area contributed by atoms with Crippen LogP contribution in [-0.4, -0.2) is 38.9 Å².